The fourth-order valence-electron chi connectivity index (χ4n) is 2.23. The predicted molar refractivity (Wildman–Crippen MR) is 73.2 cm³/mol. The first-order valence-corrected chi connectivity index (χ1v) is 5.91. The average Bonchev–Trinajstić information content (AvgIpc) is 2.72. The van der Waals surface area contributed by atoms with Gasteiger partial charge in [0.25, 0.3) is 11.8 Å². The summed E-state index contributed by atoms with van der Waals surface area (Å²) in [6, 6.07) is 13.0. The second-order valence-corrected chi connectivity index (χ2v) is 4.37. The van der Waals surface area contributed by atoms with Crippen LogP contribution in [0.5, 0.6) is 0 Å². The molecule has 0 spiro atoms. The van der Waals surface area contributed by atoms with Gasteiger partial charge in [0, 0.05) is 5.69 Å². The van der Waals surface area contributed by atoms with Gasteiger partial charge in [0.1, 0.15) is 0 Å². The van der Waals surface area contributed by atoms with E-state index >= 15 is 0 Å². The fourth-order valence-corrected chi connectivity index (χ4v) is 2.23. The number of rotatable bonds is 1. The number of anilines is 2. The van der Waals surface area contributed by atoms with Gasteiger partial charge in [-0.15, -0.1) is 0 Å². The fraction of sp³-hybridized carbons (Fsp3) is 0. The lowest BCUT2D eigenvalue weighted by Gasteiger charge is -2.13. The Morgan fingerprint density at radius 2 is 1.70 bits per heavy atom. The number of carbonyl (C=O) groups is 2. The molecule has 0 fully saturated rings. The summed E-state index contributed by atoms with van der Waals surface area (Å²) in [5.41, 5.74) is 7.49. The van der Waals surface area contributed by atoms with Gasteiger partial charge >= 0.3 is 0 Å². The Morgan fingerprint density at radius 1 is 1.00 bits per heavy atom. The summed E-state index contributed by atoms with van der Waals surface area (Å²) in [5.74, 6) is -0.838. The zero-order valence-electron chi connectivity index (χ0n) is 10.3. The molecule has 1 aliphatic heterocycles. The lowest BCUT2D eigenvalue weighted by molar-refractivity contribution is 0.0926. The summed E-state index contributed by atoms with van der Waals surface area (Å²) in [5, 5.41) is 8.76. The van der Waals surface area contributed by atoms with Crippen molar-refractivity contribution in [2.45, 2.75) is 0 Å². The van der Waals surface area contributed by atoms with E-state index in [2.05, 4.69) is 0 Å². The summed E-state index contributed by atoms with van der Waals surface area (Å²) >= 11 is 0. The van der Waals surface area contributed by atoms with E-state index in [1.54, 1.807) is 42.5 Å². The highest BCUT2D eigenvalue weighted by molar-refractivity contribution is 6.35. The van der Waals surface area contributed by atoms with Gasteiger partial charge < -0.3 is 5.73 Å². The molecular weight excluding hydrogens is 254 g/mol. The van der Waals surface area contributed by atoms with Crippen molar-refractivity contribution in [1.82, 2.24) is 0 Å². The van der Waals surface area contributed by atoms with Crippen molar-refractivity contribution in [2.75, 3.05) is 10.6 Å². The molecule has 2 N–H and O–H groups in total. The Balaban J connectivity index is 2.10. The van der Waals surface area contributed by atoms with Crippen LogP contribution < -0.4 is 10.6 Å². The van der Waals surface area contributed by atoms with Crippen molar-refractivity contribution < 1.29 is 9.59 Å². The van der Waals surface area contributed by atoms with Crippen molar-refractivity contribution >= 4 is 23.2 Å². The maximum Gasteiger partial charge on any atom is 0.268 e. The summed E-state index contributed by atoms with van der Waals surface area (Å²) in [6.07, 6.45) is 0. The lowest BCUT2D eigenvalue weighted by Crippen LogP contribution is -2.29. The van der Waals surface area contributed by atoms with Crippen LogP contribution >= 0.6 is 0 Å². The maximum absolute atomic E-state index is 12.3. The molecule has 5 nitrogen and oxygen atoms in total. The largest absolute Gasteiger partial charge is 0.398 e. The van der Waals surface area contributed by atoms with Crippen molar-refractivity contribution in [3.05, 3.63) is 59.2 Å². The van der Waals surface area contributed by atoms with Crippen LogP contribution in [0.4, 0.5) is 11.4 Å². The number of benzene rings is 2. The number of nitrogens with two attached hydrogens (primary N) is 1. The number of nitriles is 1. The van der Waals surface area contributed by atoms with Gasteiger partial charge in [0.15, 0.2) is 0 Å². The van der Waals surface area contributed by atoms with E-state index in [-0.39, 0.29) is 11.3 Å². The van der Waals surface area contributed by atoms with Gasteiger partial charge in [-0.25, -0.2) is 4.90 Å². The molecule has 96 valence electrons. The molecule has 20 heavy (non-hydrogen) atoms. The number of carbonyl (C=O) groups excluding carboxylic acids is 2. The summed E-state index contributed by atoms with van der Waals surface area (Å²) in [4.78, 5) is 25.7. The van der Waals surface area contributed by atoms with Crippen LogP contribution in [0.3, 0.4) is 0 Å². The Morgan fingerprint density at radius 3 is 2.30 bits per heavy atom. The third-order valence-corrected chi connectivity index (χ3v) is 3.20. The summed E-state index contributed by atoms with van der Waals surface area (Å²) in [6.45, 7) is 0. The second kappa shape index (κ2) is 4.21. The van der Waals surface area contributed by atoms with E-state index in [0.29, 0.717) is 16.8 Å². The van der Waals surface area contributed by atoms with Crippen LogP contribution in [0.25, 0.3) is 0 Å². The van der Waals surface area contributed by atoms with E-state index < -0.39 is 11.8 Å². The van der Waals surface area contributed by atoms with Gasteiger partial charge in [-0.3, -0.25) is 9.59 Å². The van der Waals surface area contributed by atoms with Crippen LogP contribution in [0, 0.1) is 11.3 Å². The molecular formula is C15H9N3O2. The highest BCUT2D eigenvalue weighted by Gasteiger charge is 2.37. The van der Waals surface area contributed by atoms with Gasteiger partial charge in [0.05, 0.1) is 28.4 Å². The van der Waals surface area contributed by atoms with Gasteiger partial charge in [0.2, 0.25) is 0 Å². The molecule has 0 radical (unpaired) electrons. The third-order valence-electron chi connectivity index (χ3n) is 3.20. The molecule has 3 rings (SSSR count). The van der Waals surface area contributed by atoms with E-state index in [1.807, 2.05) is 6.07 Å². The quantitative estimate of drug-likeness (QED) is 0.629. The smallest absolute Gasteiger partial charge is 0.268 e. The van der Waals surface area contributed by atoms with E-state index in [0.717, 1.165) is 4.90 Å². The second-order valence-electron chi connectivity index (χ2n) is 4.37. The van der Waals surface area contributed by atoms with Gasteiger partial charge in [-0.1, -0.05) is 6.07 Å². The molecule has 0 atom stereocenters. The normalized spacial score (nSPS) is 13.2. The topological polar surface area (TPSA) is 87.2 Å². The average molecular weight is 263 g/mol. The summed E-state index contributed by atoms with van der Waals surface area (Å²) < 4.78 is 0. The number of hydrogen-bond donors (Lipinski definition) is 1. The Bertz CT molecular complexity index is 773. The molecule has 0 aromatic heterocycles. The van der Waals surface area contributed by atoms with Crippen molar-refractivity contribution in [3.63, 3.8) is 0 Å². The number of hydrogen-bond acceptors (Lipinski definition) is 4. The lowest BCUT2D eigenvalue weighted by atomic mass is 10.1. The highest BCUT2D eigenvalue weighted by Crippen LogP contribution is 2.31. The molecule has 2 aromatic rings. The van der Waals surface area contributed by atoms with E-state index in [9.17, 15) is 9.59 Å². The first-order valence-electron chi connectivity index (χ1n) is 5.91. The van der Waals surface area contributed by atoms with Crippen LogP contribution in [0.15, 0.2) is 42.5 Å². The standard InChI is InChI=1S/C15H9N3O2/c16-8-9-4-6-10(7-5-9)18-14(19)11-2-1-3-12(17)13(11)15(18)20/h1-7H,17H2. The number of amides is 2. The summed E-state index contributed by atoms with van der Waals surface area (Å²) in [7, 11) is 0. The zero-order valence-corrected chi connectivity index (χ0v) is 10.3. The Labute approximate surface area is 114 Å². The third kappa shape index (κ3) is 1.56. The number of fused-ring (bicyclic) bond motifs is 1. The van der Waals surface area contributed by atoms with Crippen LogP contribution in [0.1, 0.15) is 26.3 Å². The molecule has 0 aliphatic carbocycles. The molecule has 0 saturated heterocycles. The maximum atomic E-state index is 12.3. The molecule has 0 unspecified atom stereocenters. The first kappa shape index (κ1) is 11.9. The van der Waals surface area contributed by atoms with E-state index in [1.165, 1.54) is 0 Å². The van der Waals surface area contributed by atoms with Gasteiger partial charge in [-0.05, 0) is 36.4 Å². The molecule has 5 heteroatoms. The number of nitrogen functional groups attached to an aromatic ring is 1. The predicted octanol–water partition coefficient (Wildman–Crippen LogP) is 1.94. The van der Waals surface area contributed by atoms with Crippen LogP contribution in [-0.4, -0.2) is 11.8 Å². The van der Waals surface area contributed by atoms with E-state index in [4.69, 9.17) is 11.0 Å². The zero-order chi connectivity index (χ0) is 14.3. The van der Waals surface area contributed by atoms with Gasteiger partial charge in [-0.2, -0.15) is 5.26 Å². The first-order chi connectivity index (χ1) is 9.63. The Kier molecular flexibility index (Phi) is 2.51. The van der Waals surface area contributed by atoms with Crippen molar-refractivity contribution in [1.29, 1.82) is 5.26 Å². The monoisotopic (exact) mass is 263 g/mol. The van der Waals surface area contributed by atoms with Crippen molar-refractivity contribution in [3.8, 4) is 6.07 Å². The highest BCUT2D eigenvalue weighted by atomic mass is 16.2. The molecule has 1 aliphatic rings. The number of nitrogens with zero attached hydrogens (tertiary/aromatic N) is 2. The molecule has 0 saturated carbocycles. The number of imide groups is 1. The SMILES string of the molecule is N#Cc1ccc(N2C(=O)c3cccc(N)c3C2=O)cc1. The minimum absolute atomic E-state index is 0.238. The minimum atomic E-state index is -0.437. The minimum Gasteiger partial charge on any atom is -0.398 e. The molecule has 2 amide bonds. The van der Waals surface area contributed by atoms with Crippen molar-refractivity contribution in [2.24, 2.45) is 0 Å². The Hall–Kier alpha value is -3.13. The van der Waals surface area contributed by atoms with Crippen LogP contribution in [-0.2, 0) is 0 Å². The van der Waals surface area contributed by atoms with Crippen LogP contribution in [0.2, 0.25) is 0 Å². The molecule has 1 heterocycles. The molecule has 2 aromatic carbocycles. The molecule has 0 bridgehead atoms.